The summed E-state index contributed by atoms with van der Waals surface area (Å²) < 4.78 is 0. The van der Waals surface area contributed by atoms with Crippen LogP contribution in [0.25, 0.3) is 22.2 Å². The van der Waals surface area contributed by atoms with E-state index in [1.54, 1.807) is 0 Å². The lowest BCUT2D eigenvalue weighted by molar-refractivity contribution is -0.126. The summed E-state index contributed by atoms with van der Waals surface area (Å²) in [6.07, 6.45) is 6.08. The number of hydrogen-bond acceptors (Lipinski definition) is 3. The third kappa shape index (κ3) is 4.18. The van der Waals surface area contributed by atoms with Gasteiger partial charge in [0.25, 0.3) is 0 Å². The topological polar surface area (TPSA) is 83.8 Å². The van der Waals surface area contributed by atoms with Gasteiger partial charge >= 0.3 is 0 Å². The van der Waals surface area contributed by atoms with E-state index in [0.717, 1.165) is 53.7 Å². The van der Waals surface area contributed by atoms with Crippen LogP contribution in [0.4, 0.5) is 0 Å². The summed E-state index contributed by atoms with van der Waals surface area (Å²) in [6.45, 7) is 10.5. The van der Waals surface area contributed by atoms with Gasteiger partial charge in [0, 0.05) is 40.4 Å². The maximum absolute atomic E-state index is 13.3. The second-order valence-electron chi connectivity index (χ2n) is 10.2. The van der Waals surface area contributed by atoms with Crippen LogP contribution in [0, 0.1) is 6.92 Å². The van der Waals surface area contributed by atoms with Gasteiger partial charge in [0.15, 0.2) is 0 Å². The van der Waals surface area contributed by atoms with E-state index in [1.807, 2.05) is 27.0 Å². The molecule has 5 heteroatoms. The molecule has 0 unspecified atom stereocenters. The Morgan fingerprint density at radius 2 is 1.94 bits per heavy atom. The van der Waals surface area contributed by atoms with Gasteiger partial charge in [-0.2, -0.15) is 0 Å². The number of aromatic nitrogens is 2. The van der Waals surface area contributed by atoms with Crippen LogP contribution in [0.2, 0.25) is 0 Å². The zero-order valence-electron chi connectivity index (χ0n) is 20.0. The first-order valence-corrected chi connectivity index (χ1v) is 11.8. The van der Waals surface area contributed by atoms with E-state index in [2.05, 4.69) is 59.5 Å². The number of aryl methyl sites for hydroxylation is 1. The van der Waals surface area contributed by atoms with Crippen molar-refractivity contribution in [1.82, 2.24) is 15.3 Å². The van der Waals surface area contributed by atoms with Crippen LogP contribution < -0.4 is 11.1 Å². The van der Waals surface area contributed by atoms with E-state index in [1.165, 1.54) is 10.9 Å². The van der Waals surface area contributed by atoms with Crippen LogP contribution in [0.5, 0.6) is 0 Å². The number of carbonyl (C=O) groups is 1. The molecule has 0 bridgehead atoms. The highest BCUT2D eigenvalue weighted by atomic mass is 16.2. The number of carbonyl (C=O) groups excluding carboxylic acids is 1. The molecular weight excluding hydrogens is 396 g/mol. The van der Waals surface area contributed by atoms with Crippen molar-refractivity contribution in [3.63, 3.8) is 0 Å². The molecule has 1 amide bonds. The Hall–Kier alpha value is -2.66. The van der Waals surface area contributed by atoms with E-state index < -0.39 is 5.41 Å². The second kappa shape index (κ2) is 8.70. The standard InChI is InChI=1S/C27H36N4O/c1-16(2)24-20-15-19(27(4,5)26(32)31-23-9-7-6-8-21(23)28)10-11-22(20)30-25(24)18-12-13-29-17(3)14-18/h10-16,21,23,30H,6-9,28H2,1-5H3,(H,31,32)/t21-,23+/m1/s1. The van der Waals surface area contributed by atoms with Gasteiger partial charge in [-0.15, -0.1) is 0 Å². The monoisotopic (exact) mass is 432 g/mol. The first-order valence-electron chi connectivity index (χ1n) is 11.8. The molecule has 1 fully saturated rings. The molecule has 32 heavy (non-hydrogen) atoms. The number of aromatic amines is 1. The van der Waals surface area contributed by atoms with Crippen LogP contribution in [-0.4, -0.2) is 28.0 Å². The van der Waals surface area contributed by atoms with E-state index in [0.29, 0.717) is 5.92 Å². The molecule has 170 valence electrons. The molecule has 3 aromatic rings. The summed E-state index contributed by atoms with van der Waals surface area (Å²) in [5.74, 6) is 0.380. The number of nitrogens with zero attached hydrogens (tertiary/aromatic N) is 1. The summed E-state index contributed by atoms with van der Waals surface area (Å²) in [4.78, 5) is 21.3. The average molecular weight is 433 g/mol. The highest BCUT2D eigenvalue weighted by Gasteiger charge is 2.34. The number of fused-ring (bicyclic) bond motifs is 1. The van der Waals surface area contributed by atoms with Crippen LogP contribution in [-0.2, 0) is 10.2 Å². The number of amides is 1. The Morgan fingerprint density at radius 1 is 1.19 bits per heavy atom. The number of nitrogens with one attached hydrogen (secondary N) is 2. The maximum Gasteiger partial charge on any atom is 0.230 e. The predicted octanol–water partition coefficient (Wildman–Crippen LogP) is 5.33. The van der Waals surface area contributed by atoms with Crippen LogP contribution >= 0.6 is 0 Å². The molecule has 0 radical (unpaired) electrons. The Labute approximate surface area is 191 Å². The minimum absolute atomic E-state index is 0.0471. The summed E-state index contributed by atoms with van der Waals surface area (Å²) in [6, 6.07) is 10.7. The van der Waals surface area contributed by atoms with Gasteiger partial charge in [-0.1, -0.05) is 32.8 Å². The lowest BCUT2D eigenvalue weighted by Crippen LogP contribution is -2.53. The van der Waals surface area contributed by atoms with E-state index in [4.69, 9.17) is 5.73 Å². The van der Waals surface area contributed by atoms with Gasteiger partial charge in [0.1, 0.15) is 0 Å². The van der Waals surface area contributed by atoms with Gasteiger partial charge in [0.05, 0.1) is 11.1 Å². The van der Waals surface area contributed by atoms with Gasteiger partial charge in [-0.05, 0) is 74.9 Å². The summed E-state index contributed by atoms with van der Waals surface area (Å²) in [5, 5.41) is 4.43. The molecular formula is C27H36N4O. The Balaban J connectivity index is 1.72. The molecule has 0 saturated heterocycles. The number of benzene rings is 1. The zero-order chi connectivity index (χ0) is 23.0. The minimum Gasteiger partial charge on any atom is -0.354 e. The molecule has 1 saturated carbocycles. The highest BCUT2D eigenvalue weighted by Crippen LogP contribution is 2.38. The Morgan fingerprint density at radius 3 is 2.62 bits per heavy atom. The first-order chi connectivity index (χ1) is 15.2. The first kappa shape index (κ1) is 22.5. The number of nitrogens with two attached hydrogens (primary N) is 1. The molecule has 0 spiro atoms. The van der Waals surface area contributed by atoms with Crippen molar-refractivity contribution in [2.24, 2.45) is 5.73 Å². The van der Waals surface area contributed by atoms with E-state index >= 15 is 0 Å². The zero-order valence-corrected chi connectivity index (χ0v) is 20.0. The Bertz CT molecular complexity index is 1130. The van der Waals surface area contributed by atoms with Crippen molar-refractivity contribution in [3.05, 3.63) is 53.3 Å². The lowest BCUT2D eigenvalue weighted by atomic mass is 9.81. The fourth-order valence-corrected chi connectivity index (χ4v) is 4.95. The number of hydrogen-bond donors (Lipinski definition) is 3. The minimum atomic E-state index is -0.649. The van der Waals surface area contributed by atoms with Gasteiger partial charge in [0.2, 0.25) is 5.91 Å². The molecule has 2 aromatic heterocycles. The average Bonchev–Trinajstić information content (AvgIpc) is 3.14. The van der Waals surface area contributed by atoms with Crippen LogP contribution in [0.15, 0.2) is 36.5 Å². The fraction of sp³-hybridized carbons (Fsp3) is 0.481. The molecule has 1 aliphatic carbocycles. The third-order valence-corrected chi connectivity index (χ3v) is 7.03. The largest absolute Gasteiger partial charge is 0.354 e. The van der Waals surface area contributed by atoms with Crippen LogP contribution in [0.1, 0.15) is 76.1 Å². The second-order valence-corrected chi connectivity index (χ2v) is 10.2. The number of rotatable bonds is 5. The smallest absolute Gasteiger partial charge is 0.230 e. The van der Waals surface area contributed by atoms with Gasteiger partial charge in [-0.25, -0.2) is 0 Å². The molecule has 2 heterocycles. The molecule has 0 aliphatic heterocycles. The molecule has 1 aromatic carbocycles. The van der Waals surface area contributed by atoms with Gasteiger partial charge < -0.3 is 16.0 Å². The van der Waals surface area contributed by atoms with Crippen molar-refractivity contribution in [2.75, 3.05) is 0 Å². The molecule has 5 nitrogen and oxygen atoms in total. The van der Waals surface area contributed by atoms with Crippen molar-refractivity contribution in [3.8, 4) is 11.3 Å². The van der Waals surface area contributed by atoms with E-state index in [9.17, 15) is 4.79 Å². The number of H-pyrrole nitrogens is 1. The van der Waals surface area contributed by atoms with Gasteiger partial charge in [-0.3, -0.25) is 9.78 Å². The molecule has 4 rings (SSSR count). The fourth-order valence-electron chi connectivity index (χ4n) is 4.95. The highest BCUT2D eigenvalue weighted by molar-refractivity contribution is 5.94. The maximum atomic E-state index is 13.3. The number of pyridine rings is 1. The third-order valence-electron chi connectivity index (χ3n) is 7.03. The Kier molecular flexibility index (Phi) is 6.13. The molecule has 1 aliphatic rings. The summed E-state index contributed by atoms with van der Waals surface area (Å²) >= 11 is 0. The van der Waals surface area contributed by atoms with Crippen molar-refractivity contribution in [1.29, 1.82) is 0 Å². The normalized spacial score (nSPS) is 19.5. The van der Waals surface area contributed by atoms with Crippen LogP contribution in [0.3, 0.4) is 0 Å². The van der Waals surface area contributed by atoms with E-state index in [-0.39, 0.29) is 18.0 Å². The SMILES string of the molecule is Cc1cc(-c2[nH]c3ccc(C(C)(C)C(=O)N[C@H]4CCCC[C@H]4N)cc3c2C(C)C)ccn1. The quantitative estimate of drug-likeness (QED) is 0.510. The van der Waals surface area contributed by atoms with Crippen molar-refractivity contribution >= 4 is 16.8 Å². The van der Waals surface area contributed by atoms with Crippen molar-refractivity contribution < 1.29 is 4.79 Å². The lowest BCUT2D eigenvalue weighted by Gasteiger charge is -2.33. The molecule has 2 atom stereocenters. The summed E-state index contributed by atoms with van der Waals surface area (Å²) in [7, 11) is 0. The molecule has 4 N–H and O–H groups in total. The predicted molar refractivity (Wildman–Crippen MR) is 132 cm³/mol. The summed E-state index contributed by atoms with van der Waals surface area (Å²) in [5.41, 5.74) is 12.3. The van der Waals surface area contributed by atoms with Crippen molar-refractivity contribution in [2.45, 2.75) is 83.7 Å².